The normalized spacial score (nSPS) is 14.0. The molecule has 0 fully saturated rings. The van der Waals surface area contributed by atoms with Crippen molar-refractivity contribution in [3.63, 3.8) is 0 Å². The maximum absolute atomic E-state index is 12.1. The molecule has 5 nitrogen and oxygen atoms in total. The number of aliphatic hydroxyl groups is 1. The van der Waals surface area contributed by atoms with Gasteiger partial charge < -0.3 is 10.4 Å². The van der Waals surface area contributed by atoms with Crippen LogP contribution in [0.3, 0.4) is 0 Å². The first kappa shape index (κ1) is 15.3. The Hall–Kier alpha value is -2.14. The molecule has 2 aromatic rings. The van der Waals surface area contributed by atoms with Gasteiger partial charge in [-0.3, -0.25) is 9.89 Å². The van der Waals surface area contributed by atoms with Gasteiger partial charge in [-0.25, -0.2) is 0 Å². The number of nitrogens with zero attached hydrogens (tertiary/aromatic N) is 1. The predicted octanol–water partition coefficient (Wildman–Crippen LogP) is 2.17. The first-order valence-electron chi connectivity index (χ1n) is 7.01. The molecule has 5 heteroatoms. The van der Waals surface area contributed by atoms with Crippen molar-refractivity contribution in [3.8, 4) is 0 Å². The van der Waals surface area contributed by atoms with E-state index in [1.165, 1.54) is 0 Å². The van der Waals surface area contributed by atoms with Crippen LogP contribution in [0.1, 0.15) is 48.4 Å². The number of hydrogen-bond acceptors (Lipinski definition) is 3. The lowest BCUT2D eigenvalue weighted by atomic mass is 9.96. The fourth-order valence-electron chi connectivity index (χ4n) is 1.99. The Bertz CT molecular complexity index is 603. The van der Waals surface area contributed by atoms with Gasteiger partial charge in [-0.05, 0) is 24.5 Å². The number of aromatic amines is 1. The number of aromatic nitrogens is 2. The van der Waals surface area contributed by atoms with E-state index in [0.717, 1.165) is 11.3 Å². The van der Waals surface area contributed by atoms with Crippen LogP contribution in [0.4, 0.5) is 0 Å². The average Bonchev–Trinajstić information content (AvgIpc) is 2.96. The second kappa shape index (κ2) is 6.10. The highest BCUT2D eigenvalue weighted by Gasteiger charge is 2.24. The molecule has 1 atom stereocenters. The van der Waals surface area contributed by atoms with Crippen molar-refractivity contribution in [1.82, 2.24) is 15.5 Å². The first-order valence-corrected chi connectivity index (χ1v) is 7.01. The van der Waals surface area contributed by atoms with Crippen molar-refractivity contribution in [2.45, 2.75) is 32.3 Å². The summed E-state index contributed by atoms with van der Waals surface area (Å²) in [6.07, 6.45) is 0. The Morgan fingerprint density at radius 3 is 2.62 bits per heavy atom. The lowest BCUT2D eigenvalue weighted by Gasteiger charge is -2.23. The zero-order valence-corrected chi connectivity index (χ0v) is 12.6. The van der Waals surface area contributed by atoms with E-state index in [2.05, 4.69) is 15.5 Å². The van der Waals surface area contributed by atoms with Crippen LogP contribution in [0.25, 0.3) is 0 Å². The van der Waals surface area contributed by atoms with Gasteiger partial charge in [0.15, 0.2) is 0 Å². The molecule has 21 heavy (non-hydrogen) atoms. The maximum Gasteiger partial charge on any atom is 0.271 e. The molecule has 1 aromatic carbocycles. The van der Waals surface area contributed by atoms with Crippen molar-refractivity contribution >= 4 is 5.91 Å². The van der Waals surface area contributed by atoms with E-state index in [4.69, 9.17) is 0 Å². The molecule has 0 saturated heterocycles. The fraction of sp³-hybridized carbons (Fsp3) is 0.375. The molecule has 112 valence electrons. The molecule has 2 rings (SSSR count). The summed E-state index contributed by atoms with van der Waals surface area (Å²) in [7, 11) is 0. The fourth-order valence-corrected chi connectivity index (χ4v) is 1.99. The Labute approximate surface area is 124 Å². The number of carbonyl (C=O) groups is 1. The highest BCUT2D eigenvalue weighted by Crippen LogP contribution is 2.19. The zero-order valence-electron chi connectivity index (χ0n) is 12.6. The van der Waals surface area contributed by atoms with E-state index < -0.39 is 5.60 Å². The third kappa shape index (κ3) is 3.70. The van der Waals surface area contributed by atoms with Crippen LogP contribution < -0.4 is 5.32 Å². The number of benzene rings is 1. The third-order valence-corrected chi connectivity index (χ3v) is 3.44. The number of rotatable bonds is 5. The van der Waals surface area contributed by atoms with Gasteiger partial charge in [0.05, 0.1) is 6.54 Å². The standard InChI is InChI=1S/C16H21N3O2/c1-11(2)13-9-14(19-18-13)15(20)17-10-16(3,21)12-7-5-4-6-8-12/h4-9,11,21H,10H2,1-3H3,(H,17,20)(H,18,19). The number of hydrogen-bond donors (Lipinski definition) is 3. The highest BCUT2D eigenvalue weighted by molar-refractivity contribution is 5.92. The number of H-pyrrole nitrogens is 1. The second-order valence-corrected chi connectivity index (χ2v) is 5.69. The minimum atomic E-state index is -1.12. The SMILES string of the molecule is CC(C)c1cc(C(=O)NCC(C)(O)c2ccccc2)n[nH]1. The summed E-state index contributed by atoms with van der Waals surface area (Å²) in [6, 6.07) is 11.0. The summed E-state index contributed by atoms with van der Waals surface area (Å²) in [5.41, 5.74) is 0.890. The molecule has 1 aromatic heterocycles. The van der Waals surface area contributed by atoms with Crippen molar-refractivity contribution < 1.29 is 9.90 Å². The first-order chi connectivity index (χ1) is 9.90. The Morgan fingerprint density at radius 2 is 2.05 bits per heavy atom. The Balaban J connectivity index is 2.00. The lowest BCUT2D eigenvalue weighted by molar-refractivity contribution is 0.0525. The quantitative estimate of drug-likeness (QED) is 0.788. The molecule has 0 aliphatic heterocycles. The van der Waals surface area contributed by atoms with Crippen LogP contribution in [0.15, 0.2) is 36.4 Å². The third-order valence-electron chi connectivity index (χ3n) is 3.44. The number of carbonyl (C=O) groups excluding carboxylic acids is 1. The number of amides is 1. The molecule has 0 aliphatic carbocycles. The van der Waals surface area contributed by atoms with E-state index in [0.29, 0.717) is 5.69 Å². The van der Waals surface area contributed by atoms with Crippen LogP contribution in [0.5, 0.6) is 0 Å². The van der Waals surface area contributed by atoms with Gasteiger partial charge in [0.1, 0.15) is 11.3 Å². The van der Waals surface area contributed by atoms with Gasteiger partial charge in [-0.15, -0.1) is 0 Å². The molecule has 0 saturated carbocycles. The lowest BCUT2D eigenvalue weighted by Crippen LogP contribution is -2.38. The summed E-state index contributed by atoms with van der Waals surface area (Å²) < 4.78 is 0. The summed E-state index contributed by atoms with van der Waals surface area (Å²) >= 11 is 0. The Morgan fingerprint density at radius 1 is 1.38 bits per heavy atom. The second-order valence-electron chi connectivity index (χ2n) is 5.69. The predicted molar refractivity (Wildman–Crippen MR) is 81.0 cm³/mol. The molecule has 1 heterocycles. The van der Waals surface area contributed by atoms with Crippen molar-refractivity contribution in [2.75, 3.05) is 6.54 Å². The topological polar surface area (TPSA) is 78.0 Å². The molecule has 0 bridgehead atoms. The number of nitrogens with one attached hydrogen (secondary N) is 2. The summed E-state index contributed by atoms with van der Waals surface area (Å²) in [6.45, 7) is 5.84. The summed E-state index contributed by atoms with van der Waals surface area (Å²) in [5.74, 6) is -0.0131. The van der Waals surface area contributed by atoms with Crippen molar-refractivity contribution in [3.05, 3.63) is 53.3 Å². The van der Waals surface area contributed by atoms with E-state index in [9.17, 15) is 9.90 Å². The minimum absolute atomic E-state index is 0.125. The van der Waals surface area contributed by atoms with Crippen LogP contribution in [0, 0.1) is 0 Å². The van der Waals surface area contributed by atoms with Gasteiger partial charge in [0.2, 0.25) is 0 Å². The van der Waals surface area contributed by atoms with E-state index in [1.807, 2.05) is 44.2 Å². The van der Waals surface area contributed by atoms with E-state index in [1.54, 1.807) is 13.0 Å². The highest BCUT2D eigenvalue weighted by atomic mass is 16.3. The van der Waals surface area contributed by atoms with Crippen molar-refractivity contribution in [1.29, 1.82) is 0 Å². The molecular weight excluding hydrogens is 266 g/mol. The smallest absolute Gasteiger partial charge is 0.271 e. The molecule has 0 aliphatic rings. The van der Waals surface area contributed by atoms with Crippen LogP contribution in [-0.2, 0) is 5.60 Å². The average molecular weight is 287 g/mol. The molecule has 0 spiro atoms. The van der Waals surface area contributed by atoms with Gasteiger partial charge in [0, 0.05) is 5.69 Å². The molecular formula is C16H21N3O2. The largest absolute Gasteiger partial charge is 0.384 e. The maximum atomic E-state index is 12.1. The van der Waals surface area contributed by atoms with Gasteiger partial charge >= 0.3 is 0 Å². The van der Waals surface area contributed by atoms with Crippen LogP contribution in [0.2, 0.25) is 0 Å². The molecule has 3 N–H and O–H groups in total. The Kier molecular flexibility index (Phi) is 4.43. The molecule has 0 radical (unpaired) electrons. The molecule has 1 amide bonds. The summed E-state index contributed by atoms with van der Waals surface area (Å²) in [4.78, 5) is 12.1. The van der Waals surface area contributed by atoms with Crippen LogP contribution in [-0.4, -0.2) is 27.8 Å². The summed E-state index contributed by atoms with van der Waals surface area (Å²) in [5, 5.41) is 20.0. The van der Waals surface area contributed by atoms with Gasteiger partial charge in [0.25, 0.3) is 5.91 Å². The minimum Gasteiger partial charge on any atom is -0.384 e. The van der Waals surface area contributed by atoms with E-state index >= 15 is 0 Å². The monoisotopic (exact) mass is 287 g/mol. The van der Waals surface area contributed by atoms with Crippen molar-refractivity contribution in [2.24, 2.45) is 0 Å². The van der Waals surface area contributed by atoms with Gasteiger partial charge in [-0.2, -0.15) is 5.10 Å². The van der Waals surface area contributed by atoms with Crippen LogP contribution >= 0.6 is 0 Å². The van der Waals surface area contributed by atoms with E-state index in [-0.39, 0.29) is 18.4 Å². The molecule has 1 unspecified atom stereocenters. The van der Waals surface area contributed by atoms with Gasteiger partial charge in [-0.1, -0.05) is 44.2 Å². The zero-order chi connectivity index (χ0) is 15.5.